The lowest BCUT2D eigenvalue weighted by molar-refractivity contribution is 0.459. The van der Waals surface area contributed by atoms with Crippen molar-refractivity contribution in [2.75, 3.05) is 4.72 Å². The van der Waals surface area contributed by atoms with Crippen molar-refractivity contribution < 1.29 is 21.9 Å². The van der Waals surface area contributed by atoms with Gasteiger partial charge >= 0.3 is 0 Å². The smallest absolute Gasteiger partial charge is 0.265 e. The molecule has 146 valence electrons. The molecule has 2 aromatic heterocycles. The fourth-order valence-corrected chi connectivity index (χ4v) is 3.77. The monoisotopic (exact) mass is 489 g/mol. The molecule has 11 heteroatoms. The summed E-state index contributed by atoms with van der Waals surface area (Å²) in [4.78, 5) is 7.15. The first-order valence-corrected chi connectivity index (χ1v) is 10.2. The van der Waals surface area contributed by atoms with E-state index in [0.29, 0.717) is 17.5 Å². The van der Waals surface area contributed by atoms with Gasteiger partial charge in [-0.05, 0) is 53.2 Å². The second-order valence-electron chi connectivity index (χ2n) is 5.50. The number of nitrogens with zero attached hydrogens (tertiary/aromatic N) is 2. The molecule has 3 rings (SSSR count). The standard InChI is InChI=1S/C17H11BrClF2N3O3S/c1-9-15(3-2-4-22-9)27-17-14(5-10(19)8-23-17)24-28(25,26)16-7-12(20)11(18)6-13(16)21/h2-8,24H,1H3. The minimum atomic E-state index is -4.51. The number of benzene rings is 1. The number of halogens is 4. The highest BCUT2D eigenvalue weighted by atomic mass is 79.9. The molecule has 0 spiro atoms. The maximum Gasteiger partial charge on any atom is 0.265 e. The van der Waals surface area contributed by atoms with Crippen LogP contribution in [0.4, 0.5) is 14.5 Å². The quantitative estimate of drug-likeness (QED) is 0.505. The summed E-state index contributed by atoms with van der Waals surface area (Å²) in [5.41, 5.74) is 0.382. The zero-order chi connectivity index (χ0) is 20.5. The second kappa shape index (κ2) is 7.98. The van der Waals surface area contributed by atoms with Crippen LogP contribution in [0.2, 0.25) is 5.02 Å². The Bertz CT molecular complexity index is 1160. The van der Waals surface area contributed by atoms with Crippen molar-refractivity contribution in [2.45, 2.75) is 11.8 Å². The molecule has 1 aromatic carbocycles. The Balaban J connectivity index is 2.01. The molecular weight excluding hydrogens is 480 g/mol. The highest BCUT2D eigenvalue weighted by molar-refractivity contribution is 9.10. The van der Waals surface area contributed by atoms with E-state index in [0.717, 1.165) is 6.07 Å². The van der Waals surface area contributed by atoms with E-state index in [2.05, 4.69) is 30.6 Å². The number of anilines is 1. The van der Waals surface area contributed by atoms with Crippen LogP contribution in [0.1, 0.15) is 5.69 Å². The molecule has 0 radical (unpaired) electrons. The number of aryl methyl sites for hydroxylation is 1. The van der Waals surface area contributed by atoms with Crippen LogP contribution >= 0.6 is 27.5 Å². The van der Waals surface area contributed by atoms with Gasteiger partial charge in [0, 0.05) is 12.4 Å². The molecule has 0 unspecified atom stereocenters. The van der Waals surface area contributed by atoms with Crippen molar-refractivity contribution >= 4 is 43.2 Å². The minimum Gasteiger partial charge on any atom is -0.435 e. The van der Waals surface area contributed by atoms with Gasteiger partial charge in [0.25, 0.3) is 10.0 Å². The molecule has 1 N–H and O–H groups in total. The molecule has 0 amide bonds. The molecule has 28 heavy (non-hydrogen) atoms. The van der Waals surface area contributed by atoms with E-state index >= 15 is 0 Å². The van der Waals surface area contributed by atoms with Crippen molar-refractivity contribution in [1.82, 2.24) is 9.97 Å². The summed E-state index contributed by atoms with van der Waals surface area (Å²) in [6.45, 7) is 1.69. The van der Waals surface area contributed by atoms with Crippen LogP contribution in [0.3, 0.4) is 0 Å². The Kier molecular flexibility index (Phi) is 5.82. The molecule has 0 saturated heterocycles. The summed E-state index contributed by atoms with van der Waals surface area (Å²) < 4.78 is 60.6. The number of rotatable bonds is 5. The number of hydrogen-bond acceptors (Lipinski definition) is 5. The van der Waals surface area contributed by atoms with Gasteiger partial charge in [-0.3, -0.25) is 9.71 Å². The lowest BCUT2D eigenvalue weighted by atomic mass is 10.3. The highest BCUT2D eigenvalue weighted by Gasteiger charge is 2.24. The summed E-state index contributed by atoms with van der Waals surface area (Å²) in [7, 11) is -4.51. The van der Waals surface area contributed by atoms with Gasteiger partial charge in [-0.2, -0.15) is 0 Å². The summed E-state index contributed by atoms with van der Waals surface area (Å²) in [5, 5.41) is 0.107. The molecule has 0 aliphatic rings. The normalized spacial score (nSPS) is 11.3. The van der Waals surface area contributed by atoms with Gasteiger partial charge in [0.15, 0.2) is 5.75 Å². The minimum absolute atomic E-state index is 0.107. The molecule has 0 fully saturated rings. The lowest BCUT2D eigenvalue weighted by Crippen LogP contribution is -2.16. The molecule has 0 bridgehead atoms. The predicted octanol–water partition coefficient (Wildman–Crippen LogP) is 5.07. The Hall–Kier alpha value is -2.30. The van der Waals surface area contributed by atoms with Crippen LogP contribution in [-0.2, 0) is 10.0 Å². The van der Waals surface area contributed by atoms with Crippen molar-refractivity contribution in [3.63, 3.8) is 0 Å². The van der Waals surface area contributed by atoms with Crippen LogP contribution < -0.4 is 9.46 Å². The van der Waals surface area contributed by atoms with E-state index < -0.39 is 26.6 Å². The first kappa shape index (κ1) is 20.4. The zero-order valence-corrected chi connectivity index (χ0v) is 17.2. The van der Waals surface area contributed by atoms with Gasteiger partial charge in [-0.25, -0.2) is 22.2 Å². The molecule has 6 nitrogen and oxygen atoms in total. The summed E-state index contributed by atoms with van der Waals surface area (Å²) in [6.07, 6.45) is 2.81. The predicted molar refractivity (Wildman–Crippen MR) is 103 cm³/mol. The van der Waals surface area contributed by atoms with Crippen molar-refractivity contribution in [2.24, 2.45) is 0 Å². The maximum absolute atomic E-state index is 14.1. The van der Waals surface area contributed by atoms with Gasteiger partial charge in [0.2, 0.25) is 5.88 Å². The van der Waals surface area contributed by atoms with E-state index in [4.69, 9.17) is 16.3 Å². The molecule has 2 heterocycles. The molecular formula is C17H11BrClF2N3O3S. The van der Waals surface area contributed by atoms with Crippen LogP contribution in [-0.4, -0.2) is 18.4 Å². The van der Waals surface area contributed by atoms with Crippen molar-refractivity contribution in [3.8, 4) is 11.6 Å². The van der Waals surface area contributed by atoms with Gasteiger partial charge in [-0.15, -0.1) is 0 Å². The molecule has 0 aliphatic carbocycles. The van der Waals surface area contributed by atoms with Crippen LogP contribution in [0, 0.1) is 18.6 Å². The third-order valence-electron chi connectivity index (χ3n) is 3.49. The van der Waals surface area contributed by atoms with Crippen LogP contribution in [0.25, 0.3) is 0 Å². The van der Waals surface area contributed by atoms with Gasteiger partial charge in [-0.1, -0.05) is 11.6 Å². The number of nitrogens with one attached hydrogen (secondary N) is 1. The fraction of sp³-hybridized carbons (Fsp3) is 0.0588. The Morgan fingerprint density at radius 1 is 1.18 bits per heavy atom. The van der Waals surface area contributed by atoms with E-state index in [9.17, 15) is 17.2 Å². The van der Waals surface area contributed by atoms with Crippen LogP contribution in [0.5, 0.6) is 11.6 Å². The summed E-state index contributed by atoms with van der Waals surface area (Å²) >= 11 is 8.69. The number of pyridine rings is 2. The second-order valence-corrected chi connectivity index (χ2v) is 8.44. The Morgan fingerprint density at radius 2 is 1.93 bits per heavy atom. The summed E-state index contributed by atoms with van der Waals surface area (Å²) in [6, 6.07) is 5.76. The fourth-order valence-electron chi connectivity index (χ4n) is 2.17. The molecule has 3 aromatic rings. The van der Waals surface area contributed by atoms with Crippen LogP contribution in [0.15, 0.2) is 52.1 Å². The first-order valence-electron chi connectivity index (χ1n) is 7.60. The van der Waals surface area contributed by atoms with E-state index in [1.165, 1.54) is 12.3 Å². The first-order chi connectivity index (χ1) is 13.2. The van der Waals surface area contributed by atoms with Gasteiger partial charge < -0.3 is 4.74 Å². The summed E-state index contributed by atoms with van der Waals surface area (Å²) in [5.74, 6) is -1.88. The van der Waals surface area contributed by atoms with Crippen molar-refractivity contribution in [1.29, 1.82) is 0 Å². The average molecular weight is 491 g/mol. The van der Waals surface area contributed by atoms with E-state index in [-0.39, 0.29) is 21.1 Å². The largest absolute Gasteiger partial charge is 0.435 e. The van der Waals surface area contributed by atoms with Crippen molar-refractivity contribution in [3.05, 3.63) is 69.5 Å². The lowest BCUT2D eigenvalue weighted by Gasteiger charge is -2.14. The Labute approximate surface area is 172 Å². The Morgan fingerprint density at radius 3 is 2.64 bits per heavy atom. The number of ether oxygens (including phenoxy) is 1. The molecule has 0 saturated carbocycles. The molecule has 0 atom stereocenters. The SMILES string of the molecule is Cc1ncccc1Oc1ncc(Cl)cc1NS(=O)(=O)c1cc(F)c(Br)cc1F. The van der Waals surface area contributed by atoms with Gasteiger partial charge in [0.1, 0.15) is 22.2 Å². The number of aromatic nitrogens is 2. The van der Waals surface area contributed by atoms with E-state index in [1.807, 2.05) is 0 Å². The topological polar surface area (TPSA) is 81.2 Å². The highest BCUT2D eigenvalue weighted by Crippen LogP contribution is 2.33. The number of hydrogen-bond donors (Lipinski definition) is 1. The zero-order valence-electron chi connectivity index (χ0n) is 14.1. The third kappa shape index (κ3) is 4.40. The van der Waals surface area contributed by atoms with Gasteiger partial charge in [0.05, 0.1) is 15.2 Å². The van der Waals surface area contributed by atoms with E-state index in [1.54, 1.807) is 25.3 Å². The third-order valence-corrected chi connectivity index (χ3v) is 5.69. The number of sulfonamides is 1. The molecule has 0 aliphatic heterocycles. The maximum atomic E-state index is 14.1. The average Bonchev–Trinajstić information content (AvgIpc) is 2.61.